The normalized spacial score (nSPS) is 13.0. The number of hydrogen-bond donors (Lipinski definition) is 2. The highest BCUT2D eigenvalue weighted by atomic mass is 35.5. The third-order valence-corrected chi connectivity index (χ3v) is 2.66. The molecule has 0 radical (unpaired) electrons. The Hall–Kier alpha value is -0.280. The molecule has 0 saturated carbocycles. The van der Waals surface area contributed by atoms with Crippen molar-refractivity contribution in [3.8, 4) is 0 Å². The molecular weight excluding hydrogens is 245 g/mol. The van der Waals surface area contributed by atoms with E-state index in [1.807, 2.05) is 44.2 Å². The van der Waals surface area contributed by atoms with Gasteiger partial charge in [-0.1, -0.05) is 30.3 Å². The van der Waals surface area contributed by atoms with Gasteiger partial charge >= 0.3 is 0 Å². The Morgan fingerprint density at radius 1 is 1.31 bits per heavy atom. The summed E-state index contributed by atoms with van der Waals surface area (Å²) in [6, 6.07) is 9.64. The van der Waals surface area contributed by atoms with E-state index in [0.717, 1.165) is 5.56 Å². The maximum absolute atomic E-state index is 10.2. The maximum atomic E-state index is 10.2. The Morgan fingerprint density at radius 3 is 2.38 bits per heavy atom. The molecule has 4 heteroatoms. The van der Waals surface area contributed by atoms with Gasteiger partial charge in [-0.05, 0) is 19.4 Å². The number of alkyl halides is 1. The van der Waals surface area contributed by atoms with E-state index in [0.29, 0.717) is 12.4 Å². The topological polar surface area (TPSA) is 32.3 Å². The highest BCUT2D eigenvalue weighted by Gasteiger charge is 2.27. The second kappa shape index (κ2) is 7.13. The van der Waals surface area contributed by atoms with Gasteiger partial charge in [-0.25, -0.2) is 0 Å². The average molecular weight is 264 g/mol. The molecule has 1 aromatic rings. The Balaban J connectivity index is 0.00000225. The van der Waals surface area contributed by atoms with Crippen LogP contribution in [-0.2, 0) is 0 Å². The molecule has 0 bridgehead atoms. The Kier molecular flexibility index (Phi) is 7.00. The molecule has 2 N–H and O–H groups in total. The third kappa shape index (κ3) is 4.30. The van der Waals surface area contributed by atoms with E-state index in [9.17, 15) is 5.11 Å². The minimum atomic E-state index is -0.526. The highest BCUT2D eigenvalue weighted by molar-refractivity contribution is 6.18. The second-order valence-corrected chi connectivity index (χ2v) is 4.53. The molecule has 1 rings (SSSR count). The molecule has 0 saturated heterocycles. The molecule has 0 aromatic heterocycles. The summed E-state index contributed by atoms with van der Waals surface area (Å²) in [7, 11) is 0. The summed E-state index contributed by atoms with van der Waals surface area (Å²) in [5.74, 6) is 0.547. The fraction of sp³-hybridized carbons (Fsp3) is 0.500. The second-order valence-electron chi connectivity index (χ2n) is 4.15. The van der Waals surface area contributed by atoms with Gasteiger partial charge in [0, 0.05) is 18.0 Å². The van der Waals surface area contributed by atoms with Crippen LogP contribution in [0.25, 0.3) is 0 Å². The van der Waals surface area contributed by atoms with Crippen LogP contribution < -0.4 is 5.32 Å². The van der Waals surface area contributed by atoms with Crippen molar-refractivity contribution in [2.45, 2.75) is 25.5 Å². The molecular formula is C12H19Cl2NO. The standard InChI is InChI=1S/C12H18ClNO.ClH/c1-12(2,14-9-8-13)11(15)10-6-4-3-5-7-10;/h3-7,11,14-15H,8-9H2,1-2H3;1H. The van der Waals surface area contributed by atoms with Crippen molar-refractivity contribution in [2.24, 2.45) is 0 Å². The van der Waals surface area contributed by atoms with Crippen LogP contribution >= 0.6 is 24.0 Å². The first-order chi connectivity index (χ1) is 7.08. The van der Waals surface area contributed by atoms with Crippen LogP contribution in [0.15, 0.2) is 30.3 Å². The van der Waals surface area contributed by atoms with Crippen LogP contribution in [0, 0.1) is 0 Å². The zero-order valence-corrected chi connectivity index (χ0v) is 11.2. The molecule has 0 amide bonds. The summed E-state index contributed by atoms with van der Waals surface area (Å²) in [6.45, 7) is 4.63. The Bertz CT molecular complexity index is 290. The monoisotopic (exact) mass is 263 g/mol. The van der Waals surface area contributed by atoms with Gasteiger partial charge in [-0.3, -0.25) is 0 Å². The first-order valence-corrected chi connectivity index (χ1v) is 5.65. The molecule has 1 aromatic carbocycles. The molecule has 2 nitrogen and oxygen atoms in total. The molecule has 1 unspecified atom stereocenters. The summed E-state index contributed by atoms with van der Waals surface area (Å²) in [5, 5.41) is 13.4. The molecule has 16 heavy (non-hydrogen) atoms. The van der Waals surface area contributed by atoms with Crippen molar-refractivity contribution in [2.75, 3.05) is 12.4 Å². The van der Waals surface area contributed by atoms with Gasteiger partial charge < -0.3 is 10.4 Å². The minimum absolute atomic E-state index is 0. The van der Waals surface area contributed by atoms with E-state index >= 15 is 0 Å². The van der Waals surface area contributed by atoms with Crippen LogP contribution in [-0.4, -0.2) is 23.1 Å². The lowest BCUT2D eigenvalue weighted by atomic mass is 9.91. The van der Waals surface area contributed by atoms with E-state index in [2.05, 4.69) is 5.32 Å². The Labute approximate surface area is 108 Å². The number of rotatable bonds is 5. The van der Waals surface area contributed by atoms with Gasteiger partial charge in [0.15, 0.2) is 0 Å². The van der Waals surface area contributed by atoms with Crippen LogP contribution in [0.3, 0.4) is 0 Å². The molecule has 0 fully saturated rings. The predicted molar refractivity (Wildman–Crippen MR) is 71.5 cm³/mol. The van der Waals surface area contributed by atoms with Gasteiger partial charge in [0.25, 0.3) is 0 Å². The van der Waals surface area contributed by atoms with Crippen molar-refractivity contribution in [1.82, 2.24) is 5.32 Å². The predicted octanol–water partition coefficient (Wildman–Crippen LogP) is 2.75. The van der Waals surface area contributed by atoms with Gasteiger partial charge in [0.05, 0.1) is 6.10 Å². The fourth-order valence-corrected chi connectivity index (χ4v) is 1.61. The van der Waals surface area contributed by atoms with E-state index in [1.165, 1.54) is 0 Å². The van der Waals surface area contributed by atoms with E-state index in [4.69, 9.17) is 11.6 Å². The maximum Gasteiger partial charge on any atom is 0.0966 e. The molecule has 1 atom stereocenters. The largest absolute Gasteiger partial charge is 0.387 e. The third-order valence-electron chi connectivity index (χ3n) is 2.47. The number of nitrogens with one attached hydrogen (secondary N) is 1. The number of hydrogen-bond acceptors (Lipinski definition) is 2. The lowest BCUT2D eigenvalue weighted by Crippen LogP contribution is -2.45. The summed E-state index contributed by atoms with van der Waals surface area (Å²) >= 11 is 5.61. The SMILES string of the molecule is CC(C)(NCCCl)C(O)c1ccccc1.Cl. The molecule has 0 heterocycles. The Morgan fingerprint density at radius 2 is 1.88 bits per heavy atom. The van der Waals surface area contributed by atoms with E-state index in [1.54, 1.807) is 0 Å². The van der Waals surface area contributed by atoms with Crippen LogP contribution in [0.5, 0.6) is 0 Å². The zero-order chi connectivity index (χ0) is 11.3. The van der Waals surface area contributed by atoms with Crippen molar-refractivity contribution < 1.29 is 5.11 Å². The zero-order valence-electron chi connectivity index (χ0n) is 9.61. The first kappa shape index (κ1) is 15.7. The first-order valence-electron chi connectivity index (χ1n) is 5.12. The number of aliphatic hydroxyl groups excluding tert-OH is 1. The van der Waals surface area contributed by atoms with Gasteiger partial charge in [-0.15, -0.1) is 24.0 Å². The lowest BCUT2D eigenvalue weighted by molar-refractivity contribution is 0.0817. The van der Waals surface area contributed by atoms with Crippen molar-refractivity contribution in [3.05, 3.63) is 35.9 Å². The van der Waals surface area contributed by atoms with Gasteiger partial charge in [0.1, 0.15) is 0 Å². The van der Waals surface area contributed by atoms with Gasteiger partial charge in [0.2, 0.25) is 0 Å². The number of halogens is 2. The van der Waals surface area contributed by atoms with E-state index < -0.39 is 6.10 Å². The van der Waals surface area contributed by atoms with E-state index in [-0.39, 0.29) is 17.9 Å². The van der Waals surface area contributed by atoms with Crippen LogP contribution in [0.1, 0.15) is 25.5 Å². The summed E-state index contributed by atoms with van der Waals surface area (Å²) < 4.78 is 0. The summed E-state index contributed by atoms with van der Waals surface area (Å²) in [5.41, 5.74) is 0.556. The summed E-state index contributed by atoms with van der Waals surface area (Å²) in [6.07, 6.45) is -0.526. The number of aliphatic hydroxyl groups is 1. The molecule has 0 aliphatic carbocycles. The average Bonchev–Trinajstić information content (AvgIpc) is 2.26. The lowest BCUT2D eigenvalue weighted by Gasteiger charge is -2.32. The molecule has 0 aliphatic rings. The smallest absolute Gasteiger partial charge is 0.0966 e. The molecule has 0 spiro atoms. The van der Waals surface area contributed by atoms with Crippen LogP contribution in [0.4, 0.5) is 0 Å². The van der Waals surface area contributed by atoms with Crippen molar-refractivity contribution in [1.29, 1.82) is 0 Å². The minimum Gasteiger partial charge on any atom is -0.387 e. The van der Waals surface area contributed by atoms with Crippen molar-refractivity contribution in [3.63, 3.8) is 0 Å². The van der Waals surface area contributed by atoms with Crippen LogP contribution in [0.2, 0.25) is 0 Å². The molecule has 0 aliphatic heterocycles. The van der Waals surface area contributed by atoms with Crippen molar-refractivity contribution >= 4 is 24.0 Å². The fourth-order valence-electron chi connectivity index (χ4n) is 1.52. The van der Waals surface area contributed by atoms with Gasteiger partial charge in [-0.2, -0.15) is 0 Å². The highest BCUT2D eigenvalue weighted by Crippen LogP contribution is 2.24. The summed E-state index contributed by atoms with van der Waals surface area (Å²) in [4.78, 5) is 0. The number of benzene rings is 1. The molecule has 92 valence electrons. The quantitative estimate of drug-likeness (QED) is 0.801.